The van der Waals surface area contributed by atoms with E-state index in [1.54, 1.807) is 11.3 Å². The Morgan fingerprint density at radius 1 is 1.15 bits per heavy atom. The molecule has 108 valence electrons. The van der Waals surface area contributed by atoms with E-state index in [0.717, 1.165) is 34.7 Å². The molecule has 0 spiro atoms. The number of hydrogen-bond acceptors (Lipinski definition) is 4. The second kappa shape index (κ2) is 4.53. The number of amides is 1. The second-order valence-corrected chi connectivity index (χ2v) is 7.77. The number of fused-ring (bicyclic) bond motifs is 1. The average molecular weight is 291 g/mol. The number of aryl methyl sites for hydroxylation is 2. The largest absolute Gasteiger partial charge is 0.337 e. The van der Waals surface area contributed by atoms with E-state index in [4.69, 9.17) is 0 Å². The van der Waals surface area contributed by atoms with Crippen LogP contribution in [0.1, 0.15) is 33.2 Å². The average Bonchev–Trinajstić information content (AvgIpc) is 2.92. The number of carbonyl (C=O) groups is 1. The van der Waals surface area contributed by atoms with Gasteiger partial charge < -0.3 is 4.90 Å². The van der Waals surface area contributed by atoms with E-state index in [1.165, 1.54) is 25.9 Å². The number of likely N-dealkylation sites (tertiary alicyclic amines) is 2. The molecule has 3 fully saturated rings. The van der Waals surface area contributed by atoms with Crippen LogP contribution >= 0.6 is 11.3 Å². The van der Waals surface area contributed by atoms with Crippen LogP contribution in [-0.2, 0) is 0 Å². The lowest BCUT2D eigenvalue weighted by Gasteiger charge is -2.21. The Morgan fingerprint density at radius 2 is 1.80 bits per heavy atom. The van der Waals surface area contributed by atoms with Gasteiger partial charge >= 0.3 is 0 Å². The molecule has 3 heterocycles. The quantitative estimate of drug-likeness (QED) is 0.835. The normalized spacial score (nSPS) is 30.0. The van der Waals surface area contributed by atoms with Crippen molar-refractivity contribution < 1.29 is 4.79 Å². The fourth-order valence-electron chi connectivity index (χ4n) is 3.81. The molecule has 3 aliphatic rings. The van der Waals surface area contributed by atoms with Crippen LogP contribution in [0.2, 0.25) is 0 Å². The summed E-state index contributed by atoms with van der Waals surface area (Å²) in [7, 11) is 0. The third-order valence-electron chi connectivity index (χ3n) is 4.96. The van der Waals surface area contributed by atoms with Gasteiger partial charge in [-0.25, -0.2) is 4.98 Å². The molecule has 5 heteroatoms. The van der Waals surface area contributed by atoms with Crippen molar-refractivity contribution in [1.82, 2.24) is 14.8 Å². The first-order valence-electron chi connectivity index (χ1n) is 7.59. The number of nitrogens with zero attached hydrogens (tertiary/aromatic N) is 3. The van der Waals surface area contributed by atoms with Crippen molar-refractivity contribution in [1.29, 1.82) is 0 Å². The van der Waals surface area contributed by atoms with Gasteiger partial charge in [-0.3, -0.25) is 9.69 Å². The molecule has 1 saturated carbocycles. The molecule has 4 rings (SSSR count). The second-order valence-electron chi connectivity index (χ2n) is 6.56. The third kappa shape index (κ3) is 2.07. The van der Waals surface area contributed by atoms with Crippen molar-refractivity contribution in [2.75, 3.05) is 26.2 Å². The number of rotatable bonds is 2. The number of thiazole rings is 1. The van der Waals surface area contributed by atoms with E-state index in [-0.39, 0.29) is 5.91 Å². The molecule has 0 aromatic carbocycles. The molecule has 1 aliphatic carbocycles. The highest BCUT2D eigenvalue weighted by Crippen LogP contribution is 2.38. The summed E-state index contributed by atoms with van der Waals surface area (Å²) in [5, 5.41) is 0.991. The number of carbonyl (C=O) groups excluding carboxylic acids is 1. The molecule has 2 unspecified atom stereocenters. The molecule has 0 bridgehead atoms. The maximum absolute atomic E-state index is 12.6. The summed E-state index contributed by atoms with van der Waals surface area (Å²) in [5.41, 5.74) is 0.897. The summed E-state index contributed by atoms with van der Waals surface area (Å²) >= 11 is 1.54. The Labute approximate surface area is 123 Å². The first kappa shape index (κ1) is 12.8. The maximum Gasteiger partial charge on any atom is 0.265 e. The Morgan fingerprint density at radius 3 is 2.30 bits per heavy atom. The molecule has 1 amide bonds. The van der Waals surface area contributed by atoms with Crippen LogP contribution in [0.4, 0.5) is 0 Å². The van der Waals surface area contributed by atoms with Gasteiger partial charge in [0.2, 0.25) is 0 Å². The lowest BCUT2D eigenvalue weighted by molar-refractivity contribution is 0.0777. The lowest BCUT2D eigenvalue weighted by Crippen LogP contribution is -2.33. The van der Waals surface area contributed by atoms with Crippen molar-refractivity contribution in [3.63, 3.8) is 0 Å². The topological polar surface area (TPSA) is 36.4 Å². The van der Waals surface area contributed by atoms with Gasteiger partial charge in [0, 0.05) is 32.2 Å². The van der Waals surface area contributed by atoms with E-state index in [1.807, 2.05) is 13.8 Å². The van der Waals surface area contributed by atoms with Crippen LogP contribution in [0.15, 0.2) is 0 Å². The first-order valence-corrected chi connectivity index (χ1v) is 8.41. The summed E-state index contributed by atoms with van der Waals surface area (Å²) in [6.07, 6.45) is 2.78. The fraction of sp³-hybridized carbons (Fsp3) is 0.733. The standard InChI is InChI=1S/C15H21N3OS/c1-9-14(20-10(2)16-9)15(19)18-7-11-5-17(13-3-4-13)6-12(11)8-18/h11-13H,3-8H2,1-2H3. The Balaban J connectivity index is 1.44. The van der Waals surface area contributed by atoms with Crippen LogP contribution in [-0.4, -0.2) is 52.9 Å². The predicted octanol–water partition coefficient (Wildman–Crippen LogP) is 1.93. The highest BCUT2D eigenvalue weighted by Gasteiger charge is 2.45. The molecule has 2 saturated heterocycles. The van der Waals surface area contributed by atoms with Crippen molar-refractivity contribution in [2.24, 2.45) is 11.8 Å². The van der Waals surface area contributed by atoms with Gasteiger partial charge in [0.05, 0.1) is 10.7 Å². The zero-order valence-electron chi connectivity index (χ0n) is 12.1. The van der Waals surface area contributed by atoms with E-state index >= 15 is 0 Å². The highest BCUT2D eigenvalue weighted by atomic mass is 32.1. The van der Waals surface area contributed by atoms with Gasteiger partial charge in [0.25, 0.3) is 5.91 Å². The van der Waals surface area contributed by atoms with E-state index in [9.17, 15) is 4.79 Å². The van der Waals surface area contributed by atoms with Gasteiger partial charge in [0.15, 0.2) is 0 Å². The number of aromatic nitrogens is 1. The molecular weight excluding hydrogens is 270 g/mol. The van der Waals surface area contributed by atoms with E-state index in [2.05, 4.69) is 14.8 Å². The zero-order chi connectivity index (χ0) is 13.9. The van der Waals surface area contributed by atoms with E-state index in [0.29, 0.717) is 11.8 Å². The summed E-state index contributed by atoms with van der Waals surface area (Å²) in [6, 6.07) is 0.871. The van der Waals surface area contributed by atoms with Crippen LogP contribution < -0.4 is 0 Å². The molecule has 0 radical (unpaired) electrons. The fourth-order valence-corrected chi connectivity index (χ4v) is 4.69. The summed E-state index contributed by atoms with van der Waals surface area (Å²) in [5.74, 6) is 1.61. The predicted molar refractivity (Wildman–Crippen MR) is 79.1 cm³/mol. The van der Waals surface area contributed by atoms with Crippen LogP contribution in [0.5, 0.6) is 0 Å². The highest BCUT2D eigenvalue weighted by molar-refractivity contribution is 7.13. The van der Waals surface area contributed by atoms with Crippen molar-refractivity contribution in [3.05, 3.63) is 15.6 Å². The number of hydrogen-bond donors (Lipinski definition) is 0. The van der Waals surface area contributed by atoms with Gasteiger partial charge in [0.1, 0.15) is 4.88 Å². The molecule has 4 nitrogen and oxygen atoms in total. The zero-order valence-corrected chi connectivity index (χ0v) is 12.9. The van der Waals surface area contributed by atoms with Gasteiger partial charge in [-0.1, -0.05) is 0 Å². The molecule has 1 aromatic rings. The molecule has 2 aliphatic heterocycles. The van der Waals surface area contributed by atoms with Crippen LogP contribution in [0.25, 0.3) is 0 Å². The van der Waals surface area contributed by atoms with Crippen LogP contribution in [0.3, 0.4) is 0 Å². The van der Waals surface area contributed by atoms with Gasteiger partial charge in [-0.2, -0.15) is 0 Å². The Kier molecular flexibility index (Phi) is 2.89. The van der Waals surface area contributed by atoms with Crippen molar-refractivity contribution in [2.45, 2.75) is 32.7 Å². The third-order valence-corrected chi connectivity index (χ3v) is 6.02. The molecular formula is C15H21N3OS. The summed E-state index contributed by atoms with van der Waals surface area (Å²) in [6.45, 7) is 8.23. The van der Waals surface area contributed by atoms with Gasteiger partial charge in [-0.15, -0.1) is 11.3 Å². The molecule has 0 N–H and O–H groups in total. The Hall–Kier alpha value is -0.940. The van der Waals surface area contributed by atoms with Crippen LogP contribution in [0, 0.1) is 25.7 Å². The smallest absolute Gasteiger partial charge is 0.265 e. The molecule has 2 atom stereocenters. The summed E-state index contributed by atoms with van der Waals surface area (Å²) in [4.78, 5) is 22.6. The SMILES string of the molecule is Cc1nc(C)c(C(=O)N2CC3CN(C4CC4)CC3C2)s1. The summed E-state index contributed by atoms with van der Waals surface area (Å²) < 4.78 is 0. The minimum Gasteiger partial charge on any atom is -0.337 e. The van der Waals surface area contributed by atoms with E-state index < -0.39 is 0 Å². The molecule has 20 heavy (non-hydrogen) atoms. The maximum atomic E-state index is 12.6. The van der Waals surface area contributed by atoms with Crippen molar-refractivity contribution >= 4 is 17.2 Å². The minimum absolute atomic E-state index is 0.209. The Bertz CT molecular complexity index is 537. The molecule has 1 aromatic heterocycles. The van der Waals surface area contributed by atoms with Crippen molar-refractivity contribution in [3.8, 4) is 0 Å². The lowest BCUT2D eigenvalue weighted by atomic mass is 10.0. The first-order chi connectivity index (χ1) is 9.61. The van der Waals surface area contributed by atoms with Gasteiger partial charge in [-0.05, 0) is 38.5 Å². The minimum atomic E-state index is 0.209. The monoisotopic (exact) mass is 291 g/mol.